The molecule has 0 aliphatic carbocycles. The van der Waals surface area contributed by atoms with Gasteiger partial charge in [-0.2, -0.15) is 0 Å². The lowest BCUT2D eigenvalue weighted by Crippen LogP contribution is -2.48. The first-order chi connectivity index (χ1) is 11.2. The van der Waals surface area contributed by atoms with Crippen LogP contribution in [0.3, 0.4) is 0 Å². The number of nitrogens with zero attached hydrogens (tertiary/aromatic N) is 3. The van der Waals surface area contributed by atoms with E-state index >= 15 is 0 Å². The Morgan fingerprint density at radius 1 is 0.870 bits per heavy atom. The van der Waals surface area contributed by atoms with E-state index in [-0.39, 0.29) is 11.8 Å². The highest BCUT2D eigenvalue weighted by Gasteiger charge is 2.23. The molecule has 3 rings (SSSR count). The zero-order chi connectivity index (χ0) is 16.2. The molecule has 124 valence electrons. The predicted molar refractivity (Wildman–Crippen MR) is 89.6 cm³/mol. The van der Waals surface area contributed by atoms with Crippen molar-refractivity contribution < 1.29 is 9.59 Å². The summed E-state index contributed by atoms with van der Waals surface area (Å²) in [5.41, 5.74) is 1.25. The summed E-state index contributed by atoms with van der Waals surface area (Å²) in [7, 11) is 0. The molecule has 0 radical (unpaired) electrons. The number of hydrogen-bond acceptors (Lipinski definition) is 3. The fraction of sp³-hybridized carbons (Fsp3) is 0.556. The van der Waals surface area contributed by atoms with Gasteiger partial charge in [0.25, 0.3) is 11.8 Å². The molecule has 2 aliphatic heterocycles. The second kappa shape index (κ2) is 7.13. The van der Waals surface area contributed by atoms with Gasteiger partial charge in [0.15, 0.2) is 0 Å². The number of carbonyl (C=O) groups excluding carboxylic acids is 2. The molecule has 0 spiro atoms. The van der Waals surface area contributed by atoms with Gasteiger partial charge >= 0.3 is 0 Å². The summed E-state index contributed by atoms with van der Waals surface area (Å²) < 4.78 is 0. The topological polar surface area (TPSA) is 43.9 Å². The molecule has 2 saturated heterocycles. The third kappa shape index (κ3) is 3.55. The van der Waals surface area contributed by atoms with Gasteiger partial charge in [-0.25, -0.2) is 0 Å². The van der Waals surface area contributed by atoms with Gasteiger partial charge in [0.05, 0.1) is 0 Å². The Balaban J connectivity index is 1.69. The van der Waals surface area contributed by atoms with Crippen LogP contribution in [0.2, 0.25) is 0 Å². The van der Waals surface area contributed by atoms with Gasteiger partial charge in [-0.05, 0) is 37.6 Å². The van der Waals surface area contributed by atoms with Gasteiger partial charge in [-0.3, -0.25) is 9.59 Å². The van der Waals surface area contributed by atoms with E-state index in [9.17, 15) is 9.59 Å². The van der Waals surface area contributed by atoms with E-state index < -0.39 is 0 Å². The highest BCUT2D eigenvalue weighted by atomic mass is 16.2. The normalized spacial score (nSPS) is 19.2. The van der Waals surface area contributed by atoms with Crippen molar-refractivity contribution in [2.75, 3.05) is 45.8 Å². The van der Waals surface area contributed by atoms with E-state index in [0.717, 1.165) is 58.7 Å². The molecule has 0 unspecified atom stereocenters. The van der Waals surface area contributed by atoms with Crippen LogP contribution in [0.4, 0.5) is 0 Å². The Bertz CT molecular complexity index is 573. The SMILES string of the molecule is CCN1CCN(C(=O)c2cccc(C(=O)N3CCCC3)c2)CC1. The number of likely N-dealkylation sites (N-methyl/N-ethyl adjacent to an activating group) is 1. The molecule has 2 fully saturated rings. The minimum atomic E-state index is 0.0387. The molecule has 1 aromatic carbocycles. The van der Waals surface area contributed by atoms with Crippen LogP contribution in [0.25, 0.3) is 0 Å². The quantitative estimate of drug-likeness (QED) is 0.853. The largest absolute Gasteiger partial charge is 0.339 e. The minimum Gasteiger partial charge on any atom is -0.339 e. The fourth-order valence-corrected chi connectivity index (χ4v) is 3.34. The van der Waals surface area contributed by atoms with Crippen LogP contribution in [0.15, 0.2) is 24.3 Å². The smallest absolute Gasteiger partial charge is 0.253 e. The third-order valence-electron chi connectivity index (χ3n) is 4.86. The lowest BCUT2D eigenvalue weighted by molar-refractivity contribution is 0.0643. The van der Waals surface area contributed by atoms with Gasteiger partial charge in [-0.1, -0.05) is 13.0 Å². The molecule has 2 heterocycles. The van der Waals surface area contributed by atoms with E-state index in [4.69, 9.17) is 0 Å². The first kappa shape index (κ1) is 16.0. The summed E-state index contributed by atoms with van der Waals surface area (Å²) in [6.45, 7) is 8.20. The van der Waals surface area contributed by atoms with Crippen LogP contribution >= 0.6 is 0 Å². The van der Waals surface area contributed by atoms with Crippen molar-refractivity contribution in [3.8, 4) is 0 Å². The molecule has 2 aliphatic rings. The van der Waals surface area contributed by atoms with E-state index in [1.54, 1.807) is 6.07 Å². The van der Waals surface area contributed by atoms with Gasteiger partial charge in [0, 0.05) is 50.4 Å². The number of amides is 2. The van der Waals surface area contributed by atoms with Gasteiger partial charge in [-0.15, -0.1) is 0 Å². The standard InChI is InChI=1S/C18H25N3O2/c1-2-19-10-12-21(13-11-19)18(23)16-7-5-6-15(14-16)17(22)20-8-3-4-9-20/h5-7,14H,2-4,8-13H2,1H3. The number of carbonyl (C=O) groups is 2. The van der Waals surface area contributed by atoms with Crippen molar-refractivity contribution in [3.05, 3.63) is 35.4 Å². The number of likely N-dealkylation sites (tertiary alicyclic amines) is 1. The maximum Gasteiger partial charge on any atom is 0.253 e. The van der Waals surface area contributed by atoms with Crippen molar-refractivity contribution in [2.24, 2.45) is 0 Å². The Labute approximate surface area is 137 Å². The molecule has 5 nitrogen and oxygen atoms in total. The Hall–Kier alpha value is -1.88. The number of benzene rings is 1. The van der Waals surface area contributed by atoms with Gasteiger partial charge in [0.1, 0.15) is 0 Å². The molecule has 23 heavy (non-hydrogen) atoms. The fourth-order valence-electron chi connectivity index (χ4n) is 3.34. The maximum atomic E-state index is 12.7. The van der Waals surface area contributed by atoms with E-state index in [1.807, 2.05) is 28.0 Å². The second-order valence-electron chi connectivity index (χ2n) is 6.31. The molecule has 5 heteroatoms. The lowest BCUT2D eigenvalue weighted by atomic mass is 10.1. The zero-order valence-electron chi connectivity index (χ0n) is 13.8. The van der Waals surface area contributed by atoms with Crippen LogP contribution in [-0.4, -0.2) is 72.3 Å². The van der Waals surface area contributed by atoms with E-state index in [0.29, 0.717) is 11.1 Å². The van der Waals surface area contributed by atoms with E-state index in [1.165, 1.54) is 0 Å². The second-order valence-corrected chi connectivity index (χ2v) is 6.31. The molecular formula is C18H25N3O2. The van der Waals surface area contributed by atoms with Crippen LogP contribution in [-0.2, 0) is 0 Å². The zero-order valence-corrected chi connectivity index (χ0v) is 13.8. The average Bonchev–Trinajstić information content (AvgIpc) is 3.15. The van der Waals surface area contributed by atoms with Crippen LogP contribution < -0.4 is 0 Å². The van der Waals surface area contributed by atoms with Gasteiger partial charge in [0.2, 0.25) is 0 Å². The average molecular weight is 315 g/mol. The third-order valence-corrected chi connectivity index (χ3v) is 4.86. The minimum absolute atomic E-state index is 0.0387. The highest BCUT2D eigenvalue weighted by Crippen LogP contribution is 2.16. The number of hydrogen-bond donors (Lipinski definition) is 0. The Morgan fingerprint density at radius 2 is 1.39 bits per heavy atom. The molecule has 2 amide bonds. The molecule has 0 atom stereocenters. The molecule has 0 aromatic heterocycles. The van der Waals surface area contributed by atoms with Gasteiger partial charge < -0.3 is 14.7 Å². The first-order valence-electron chi connectivity index (χ1n) is 8.60. The number of piperazine rings is 1. The summed E-state index contributed by atoms with van der Waals surface area (Å²) in [5.74, 6) is 0.0878. The van der Waals surface area contributed by atoms with Crippen LogP contribution in [0.1, 0.15) is 40.5 Å². The summed E-state index contributed by atoms with van der Waals surface area (Å²) in [5, 5.41) is 0. The van der Waals surface area contributed by atoms with Crippen molar-refractivity contribution in [3.63, 3.8) is 0 Å². The molecular weight excluding hydrogens is 290 g/mol. The van der Waals surface area contributed by atoms with Crippen molar-refractivity contribution in [1.29, 1.82) is 0 Å². The van der Waals surface area contributed by atoms with Crippen molar-refractivity contribution >= 4 is 11.8 Å². The predicted octanol–water partition coefficient (Wildman–Crippen LogP) is 1.70. The maximum absolute atomic E-state index is 12.7. The Kier molecular flexibility index (Phi) is 4.96. The van der Waals surface area contributed by atoms with Crippen LogP contribution in [0, 0.1) is 0 Å². The summed E-state index contributed by atoms with van der Waals surface area (Å²) >= 11 is 0. The summed E-state index contributed by atoms with van der Waals surface area (Å²) in [4.78, 5) is 31.3. The highest BCUT2D eigenvalue weighted by molar-refractivity contribution is 5.99. The van der Waals surface area contributed by atoms with Crippen molar-refractivity contribution in [1.82, 2.24) is 14.7 Å². The summed E-state index contributed by atoms with van der Waals surface area (Å²) in [6, 6.07) is 7.20. The molecule has 1 aromatic rings. The lowest BCUT2D eigenvalue weighted by Gasteiger charge is -2.34. The molecule has 0 saturated carbocycles. The molecule has 0 bridgehead atoms. The monoisotopic (exact) mass is 315 g/mol. The summed E-state index contributed by atoms with van der Waals surface area (Å²) in [6.07, 6.45) is 2.15. The first-order valence-corrected chi connectivity index (χ1v) is 8.60. The van der Waals surface area contributed by atoms with E-state index in [2.05, 4.69) is 11.8 Å². The Morgan fingerprint density at radius 3 is 1.91 bits per heavy atom. The van der Waals surface area contributed by atoms with Crippen LogP contribution in [0.5, 0.6) is 0 Å². The number of rotatable bonds is 3. The molecule has 0 N–H and O–H groups in total. The van der Waals surface area contributed by atoms with Crippen molar-refractivity contribution in [2.45, 2.75) is 19.8 Å².